The fraction of sp³-hybridized carbons (Fsp3) is 0.150. The van der Waals surface area contributed by atoms with Gasteiger partial charge in [-0.05, 0) is 31.2 Å². The van der Waals surface area contributed by atoms with Crippen LogP contribution in [0.5, 0.6) is 0 Å². The van der Waals surface area contributed by atoms with Crippen molar-refractivity contribution in [1.82, 2.24) is 15.0 Å². The van der Waals surface area contributed by atoms with Crippen molar-refractivity contribution in [1.29, 1.82) is 0 Å². The minimum atomic E-state index is -0.595. The highest BCUT2D eigenvalue weighted by Crippen LogP contribution is 2.35. The summed E-state index contributed by atoms with van der Waals surface area (Å²) in [6.07, 6.45) is 5.91. The van der Waals surface area contributed by atoms with Gasteiger partial charge < -0.3 is 15.9 Å². The van der Waals surface area contributed by atoms with Gasteiger partial charge in [0.1, 0.15) is 5.69 Å². The summed E-state index contributed by atoms with van der Waals surface area (Å²) in [5, 5.41) is 13.2. The third-order valence-electron chi connectivity index (χ3n) is 4.40. The molecule has 0 bridgehead atoms. The monoisotopic (exact) mass is 470 g/mol. The first-order valence-corrected chi connectivity index (χ1v) is 10.8. The number of thioether (sulfide) groups is 1. The van der Waals surface area contributed by atoms with Gasteiger partial charge in [-0.3, -0.25) is 9.78 Å². The molecule has 4 N–H and O–H groups in total. The minimum absolute atomic E-state index is 0.00414. The van der Waals surface area contributed by atoms with E-state index >= 15 is 0 Å². The molecule has 2 aromatic heterocycles. The van der Waals surface area contributed by atoms with Crippen LogP contribution in [0.25, 0.3) is 11.3 Å². The lowest BCUT2D eigenvalue weighted by atomic mass is 10.2. The van der Waals surface area contributed by atoms with Crippen LogP contribution < -0.4 is 16.5 Å². The van der Waals surface area contributed by atoms with Gasteiger partial charge in [-0.15, -0.1) is 0 Å². The van der Waals surface area contributed by atoms with E-state index in [4.69, 9.17) is 27.5 Å². The number of fused-ring (bicyclic) bond motifs is 1. The summed E-state index contributed by atoms with van der Waals surface area (Å²) in [6, 6.07) is 9.17. The van der Waals surface area contributed by atoms with Gasteiger partial charge in [-0.25, -0.2) is 15.0 Å². The summed E-state index contributed by atoms with van der Waals surface area (Å²) in [7, 11) is 0. The second-order valence-electron chi connectivity index (χ2n) is 6.76. The van der Waals surface area contributed by atoms with E-state index in [1.807, 2.05) is 41.2 Å². The fourth-order valence-electron chi connectivity index (χ4n) is 2.92. The van der Waals surface area contributed by atoms with Gasteiger partial charge in [0.25, 0.3) is 5.91 Å². The molecule has 12 heteroatoms. The van der Waals surface area contributed by atoms with E-state index in [0.717, 1.165) is 17.1 Å². The number of carbonyl (C=O) groups excluding carboxylic acids is 1. The molecule has 0 spiro atoms. The second-order valence-corrected chi connectivity index (χ2v) is 8.11. The number of carbonyl (C=O) groups is 1. The maximum Gasteiger partial charge on any atom is 0.268 e. The molecule has 1 amide bonds. The number of amides is 1. The van der Waals surface area contributed by atoms with E-state index in [2.05, 4.69) is 20.2 Å². The third-order valence-corrected chi connectivity index (χ3v) is 5.50. The zero-order valence-electron chi connectivity index (χ0n) is 16.9. The van der Waals surface area contributed by atoms with Crippen LogP contribution in [0.1, 0.15) is 17.4 Å². The van der Waals surface area contributed by atoms with Crippen molar-refractivity contribution >= 4 is 46.3 Å². The summed E-state index contributed by atoms with van der Waals surface area (Å²) in [5.41, 5.74) is 15.2. The first kappa shape index (κ1) is 21.8. The summed E-state index contributed by atoms with van der Waals surface area (Å²) in [6.45, 7) is 1.90. The lowest BCUT2D eigenvalue weighted by Gasteiger charge is -2.22. The quantitative estimate of drug-likeness (QED) is 0.593. The Hall–Kier alpha value is -3.41. The standard InChI is InChI=1S/C11H12ClN5S.C9H7N3O2/c1-7(13)10-15-16(11-17(10)14-6-18-11)9-4-2-3-8(12)5-9;10-9(13)8-4-11-3-7(12-8)6-1-2-14-5-6/h2-7,11H,13H2,1H3;1-5H,(H2,10,13)/t7?,11-;/m1./s1. The molecule has 10 nitrogen and oxygen atoms in total. The molecule has 164 valence electrons. The zero-order chi connectivity index (χ0) is 22.7. The molecule has 2 aliphatic rings. The largest absolute Gasteiger partial charge is 0.472 e. The van der Waals surface area contributed by atoms with Gasteiger partial charge in [0.15, 0.2) is 11.3 Å². The van der Waals surface area contributed by atoms with E-state index in [9.17, 15) is 4.79 Å². The Labute approximate surface area is 192 Å². The Kier molecular flexibility index (Phi) is 6.40. The molecular weight excluding hydrogens is 452 g/mol. The van der Waals surface area contributed by atoms with Crippen LogP contribution in [-0.2, 0) is 0 Å². The lowest BCUT2D eigenvalue weighted by Crippen LogP contribution is -2.39. The Morgan fingerprint density at radius 2 is 2.12 bits per heavy atom. The highest BCUT2D eigenvalue weighted by Gasteiger charge is 2.39. The number of hydrogen-bond donors (Lipinski definition) is 2. The molecule has 2 atom stereocenters. The zero-order valence-corrected chi connectivity index (χ0v) is 18.4. The normalized spacial score (nSPS) is 17.5. The number of nitrogens with two attached hydrogens (primary N) is 2. The molecule has 1 unspecified atom stereocenters. The van der Waals surface area contributed by atoms with Crippen molar-refractivity contribution in [3.05, 3.63) is 66.0 Å². The van der Waals surface area contributed by atoms with E-state index in [-0.39, 0.29) is 17.2 Å². The summed E-state index contributed by atoms with van der Waals surface area (Å²) < 4.78 is 4.89. The third kappa shape index (κ3) is 4.59. The number of rotatable bonds is 4. The number of hydrazone groups is 2. The van der Waals surface area contributed by atoms with Crippen LogP contribution in [0, 0.1) is 0 Å². The molecule has 5 rings (SSSR count). The predicted octanol–water partition coefficient (Wildman–Crippen LogP) is 2.93. The summed E-state index contributed by atoms with van der Waals surface area (Å²) >= 11 is 7.60. The average Bonchev–Trinajstić information content (AvgIpc) is 3.52. The Balaban J connectivity index is 0.000000158. The first-order chi connectivity index (χ1) is 15.4. The minimum Gasteiger partial charge on any atom is -0.472 e. The molecule has 4 heterocycles. The van der Waals surface area contributed by atoms with Crippen LogP contribution in [0.4, 0.5) is 5.69 Å². The highest BCUT2D eigenvalue weighted by atomic mass is 35.5. The summed E-state index contributed by atoms with van der Waals surface area (Å²) in [4.78, 5) is 18.7. The molecule has 3 aromatic rings. The molecule has 0 aliphatic carbocycles. The van der Waals surface area contributed by atoms with Crippen LogP contribution in [0.2, 0.25) is 5.02 Å². The SMILES string of the molecule is CC(N)C1=NN(c2cccc(Cl)c2)[C@H]2SC=NN12.NC(=O)c1cncc(-c2ccoc2)n1. The van der Waals surface area contributed by atoms with E-state index in [0.29, 0.717) is 10.7 Å². The molecule has 32 heavy (non-hydrogen) atoms. The van der Waals surface area contributed by atoms with Crippen molar-refractivity contribution in [2.75, 3.05) is 5.01 Å². The smallest absolute Gasteiger partial charge is 0.268 e. The molecule has 0 fully saturated rings. The van der Waals surface area contributed by atoms with Crippen molar-refractivity contribution in [2.24, 2.45) is 21.7 Å². The molecule has 0 saturated heterocycles. The molecule has 0 radical (unpaired) electrons. The number of hydrogen-bond acceptors (Lipinski definition) is 10. The molecular formula is C20H19ClN8O2S. The lowest BCUT2D eigenvalue weighted by molar-refractivity contribution is 0.0995. The van der Waals surface area contributed by atoms with Crippen molar-refractivity contribution < 1.29 is 9.21 Å². The fourth-order valence-corrected chi connectivity index (χ4v) is 3.94. The van der Waals surface area contributed by atoms with Crippen molar-refractivity contribution in [3.8, 4) is 11.3 Å². The van der Waals surface area contributed by atoms with Crippen LogP contribution in [0.15, 0.2) is 69.9 Å². The van der Waals surface area contributed by atoms with Gasteiger partial charge in [0, 0.05) is 10.6 Å². The van der Waals surface area contributed by atoms with Gasteiger partial charge in [-0.2, -0.15) is 10.2 Å². The number of amidine groups is 1. The maximum atomic E-state index is 10.8. The predicted molar refractivity (Wildman–Crippen MR) is 125 cm³/mol. The molecule has 0 saturated carbocycles. The Morgan fingerprint density at radius 3 is 2.81 bits per heavy atom. The van der Waals surface area contributed by atoms with E-state index in [1.165, 1.54) is 24.9 Å². The van der Waals surface area contributed by atoms with Gasteiger partial charge in [0.2, 0.25) is 0 Å². The van der Waals surface area contributed by atoms with Gasteiger partial charge in [-0.1, -0.05) is 29.4 Å². The molecule has 2 aliphatic heterocycles. The summed E-state index contributed by atoms with van der Waals surface area (Å²) in [5.74, 6) is 0.170. The number of halogens is 1. The second kappa shape index (κ2) is 9.39. The maximum absolute atomic E-state index is 10.8. The number of furan rings is 1. The number of primary amides is 1. The number of nitrogens with zero attached hydrogens (tertiary/aromatic N) is 6. The number of anilines is 1. The number of aromatic nitrogens is 2. The van der Waals surface area contributed by atoms with Crippen LogP contribution in [-0.4, -0.2) is 43.8 Å². The van der Waals surface area contributed by atoms with Crippen LogP contribution >= 0.6 is 23.4 Å². The number of benzene rings is 1. The first-order valence-electron chi connectivity index (χ1n) is 9.44. The van der Waals surface area contributed by atoms with E-state index < -0.39 is 5.91 Å². The van der Waals surface area contributed by atoms with Crippen molar-refractivity contribution in [2.45, 2.75) is 18.5 Å². The molecule has 1 aromatic carbocycles. The van der Waals surface area contributed by atoms with Gasteiger partial charge in [0.05, 0.1) is 47.9 Å². The Morgan fingerprint density at radius 1 is 1.28 bits per heavy atom. The highest BCUT2D eigenvalue weighted by molar-refractivity contribution is 8.12. The van der Waals surface area contributed by atoms with Gasteiger partial charge >= 0.3 is 0 Å². The topological polar surface area (TPSA) is 139 Å². The van der Waals surface area contributed by atoms with Crippen LogP contribution in [0.3, 0.4) is 0 Å². The Bertz CT molecular complexity index is 1170. The van der Waals surface area contributed by atoms with Crippen molar-refractivity contribution in [3.63, 3.8) is 0 Å². The van der Waals surface area contributed by atoms with E-state index in [1.54, 1.807) is 23.4 Å². The average molecular weight is 471 g/mol.